The molecule has 0 radical (unpaired) electrons. The molecule has 2 aliphatic carbocycles. The second-order valence-corrected chi connectivity index (χ2v) is 8.32. The largest absolute Gasteiger partial charge is 0.465 e. The summed E-state index contributed by atoms with van der Waals surface area (Å²) in [5.74, 6) is -1.76. The van der Waals surface area contributed by atoms with Crippen LogP contribution in [0.1, 0.15) is 27.7 Å². The van der Waals surface area contributed by atoms with E-state index in [1.807, 2.05) is 0 Å². The lowest BCUT2D eigenvalue weighted by Crippen LogP contribution is -2.72. The highest BCUT2D eigenvalue weighted by molar-refractivity contribution is 6.00. The van der Waals surface area contributed by atoms with E-state index in [0.717, 1.165) is 0 Å². The molecule has 4 aliphatic rings. The van der Waals surface area contributed by atoms with Gasteiger partial charge >= 0.3 is 11.9 Å². The van der Waals surface area contributed by atoms with Gasteiger partial charge in [-0.1, -0.05) is 6.92 Å². The van der Waals surface area contributed by atoms with Gasteiger partial charge in [-0.3, -0.25) is 14.4 Å². The smallest absolute Gasteiger partial charge is 0.303 e. The number of rotatable bonds is 3. The van der Waals surface area contributed by atoms with Gasteiger partial charge in [-0.25, -0.2) is 0 Å². The molecule has 3 fully saturated rings. The zero-order valence-corrected chi connectivity index (χ0v) is 16.1. The molecule has 0 aromatic carbocycles. The van der Waals surface area contributed by atoms with Crippen LogP contribution in [0.15, 0.2) is 11.6 Å². The number of hydrogen-bond donors (Lipinski definition) is 2. The van der Waals surface area contributed by atoms with Crippen LogP contribution in [0.5, 0.6) is 0 Å². The first-order valence-corrected chi connectivity index (χ1v) is 9.21. The van der Waals surface area contributed by atoms with Crippen molar-refractivity contribution in [3.8, 4) is 0 Å². The predicted molar refractivity (Wildman–Crippen MR) is 90.8 cm³/mol. The van der Waals surface area contributed by atoms with Gasteiger partial charge in [0.2, 0.25) is 0 Å². The van der Waals surface area contributed by atoms with Gasteiger partial charge in [-0.15, -0.1) is 0 Å². The Morgan fingerprint density at radius 1 is 1.29 bits per heavy atom. The van der Waals surface area contributed by atoms with Gasteiger partial charge in [0, 0.05) is 13.8 Å². The fourth-order valence-electron chi connectivity index (χ4n) is 5.56. The van der Waals surface area contributed by atoms with Gasteiger partial charge in [-0.2, -0.15) is 0 Å². The number of epoxide rings is 1. The van der Waals surface area contributed by atoms with Crippen LogP contribution in [0.4, 0.5) is 0 Å². The van der Waals surface area contributed by atoms with Gasteiger partial charge < -0.3 is 29.2 Å². The molecule has 9 nitrogen and oxygen atoms in total. The van der Waals surface area contributed by atoms with Crippen molar-refractivity contribution in [3.05, 3.63) is 11.6 Å². The molecule has 2 heterocycles. The minimum absolute atomic E-state index is 0.196. The number of aliphatic hydroxyl groups is 2. The summed E-state index contributed by atoms with van der Waals surface area (Å²) in [4.78, 5) is 36.2. The molecule has 2 saturated heterocycles. The summed E-state index contributed by atoms with van der Waals surface area (Å²) < 4.78 is 22.6. The van der Waals surface area contributed by atoms with E-state index in [0.29, 0.717) is 5.57 Å². The minimum atomic E-state index is -1.60. The van der Waals surface area contributed by atoms with E-state index in [2.05, 4.69) is 0 Å². The number of hydrogen-bond acceptors (Lipinski definition) is 9. The Labute approximate surface area is 161 Å². The molecule has 0 aromatic rings. The van der Waals surface area contributed by atoms with Crippen molar-refractivity contribution in [2.75, 3.05) is 13.2 Å². The van der Waals surface area contributed by atoms with Crippen LogP contribution in [0.3, 0.4) is 0 Å². The van der Waals surface area contributed by atoms with Crippen molar-refractivity contribution in [2.45, 2.75) is 63.8 Å². The van der Waals surface area contributed by atoms with Crippen molar-refractivity contribution in [2.24, 2.45) is 10.8 Å². The van der Waals surface area contributed by atoms with E-state index in [4.69, 9.17) is 18.9 Å². The fraction of sp³-hybridized carbons (Fsp3) is 0.737. The maximum absolute atomic E-state index is 12.8. The molecule has 1 spiro atoms. The average molecular weight is 396 g/mol. The first-order valence-electron chi connectivity index (χ1n) is 9.21. The molecule has 28 heavy (non-hydrogen) atoms. The lowest BCUT2D eigenvalue weighted by atomic mass is 9.50. The van der Waals surface area contributed by atoms with Gasteiger partial charge in [0.1, 0.15) is 36.6 Å². The molecular weight excluding hydrogens is 372 g/mol. The van der Waals surface area contributed by atoms with E-state index in [-0.39, 0.29) is 13.2 Å². The summed E-state index contributed by atoms with van der Waals surface area (Å²) in [5.41, 5.74) is -3.51. The molecule has 9 heteroatoms. The quantitative estimate of drug-likeness (QED) is 0.468. The van der Waals surface area contributed by atoms with Gasteiger partial charge in [0.25, 0.3) is 0 Å². The third-order valence-corrected chi connectivity index (χ3v) is 7.08. The highest BCUT2D eigenvalue weighted by Crippen LogP contribution is 2.71. The Morgan fingerprint density at radius 3 is 2.46 bits per heavy atom. The lowest BCUT2D eigenvalue weighted by molar-refractivity contribution is -0.257. The number of carbonyl (C=O) groups is 3. The van der Waals surface area contributed by atoms with Crippen LogP contribution in [0.2, 0.25) is 0 Å². The van der Waals surface area contributed by atoms with Gasteiger partial charge in [0.05, 0.1) is 23.5 Å². The number of carbonyl (C=O) groups excluding carboxylic acids is 3. The molecule has 4 rings (SSSR count). The molecule has 3 unspecified atom stereocenters. The van der Waals surface area contributed by atoms with Crippen molar-refractivity contribution in [1.29, 1.82) is 0 Å². The third kappa shape index (κ3) is 2.07. The molecule has 8 atom stereocenters. The van der Waals surface area contributed by atoms with E-state index in [9.17, 15) is 24.6 Å². The average Bonchev–Trinajstić information content (AvgIpc) is 3.39. The highest BCUT2D eigenvalue weighted by Gasteiger charge is 2.87. The van der Waals surface area contributed by atoms with Gasteiger partial charge in [0.15, 0.2) is 5.78 Å². The van der Waals surface area contributed by atoms with Crippen molar-refractivity contribution < 1.29 is 43.5 Å². The third-order valence-electron chi connectivity index (χ3n) is 7.08. The summed E-state index contributed by atoms with van der Waals surface area (Å²) in [6.07, 6.45) is -4.04. The Kier molecular flexibility index (Phi) is 4.08. The van der Waals surface area contributed by atoms with Crippen LogP contribution in [0, 0.1) is 10.8 Å². The lowest BCUT2D eigenvalue weighted by Gasteiger charge is -2.58. The van der Waals surface area contributed by atoms with Crippen molar-refractivity contribution in [1.82, 2.24) is 0 Å². The fourth-order valence-corrected chi connectivity index (χ4v) is 5.56. The second kappa shape index (κ2) is 5.85. The SMILES string of the molecule is CC(=O)OC[C@@]12C(C=C(C)C(=O)[C@H]1O)OC1[C@H](O)C(OC(C)=O)[C@@]2(C)[C@@]12CO2. The molecule has 0 aromatic heterocycles. The predicted octanol–water partition coefficient (Wildman–Crippen LogP) is -0.725. The Balaban J connectivity index is 1.94. The first kappa shape index (κ1) is 19.5. The van der Waals surface area contributed by atoms with E-state index >= 15 is 0 Å². The summed E-state index contributed by atoms with van der Waals surface area (Å²) in [5, 5.41) is 22.1. The molecule has 2 aliphatic heterocycles. The number of Topliss-reactive ketones (excluding diaryl/α,β-unsaturated/α-hetero) is 1. The molecule has 0 amide bonds. The number of ketones is 1. The standard InChI is InChI=1S/C19H24O9/c1-8-5-11-18(6-25-9(2)20,14(24)12(8)22)17(4)15(27-10(3)21)13(23)16(28-11)19(17)7-26-19/h5,11,13-16,23-24H,6-7H2,1-4H3/t11?,13-,14-,15?,16?,17-,18-,19-/m1/s1. The summed E-state index contributed by atoms with van der Waals surface area (Å²) in [6, 6.07) is 0. The zero-order chi connectivity index (χ0) is 20.6. The highest BCUT2D eigenvalue weighted by atomic mass is 16.7. The van der Waals surface area contributed by atoms with Crippen LogP contribution in [0.25, 0.3) is 0 Å². The first-order chi connectivity index (χ1) is 13.0. The van der Waals surface area contributed by atoms with Crippen LogP contribution < -0.4 is 0 Å². The summed E-state index contributed by atoms with van der Waals surface area (Å²) in [7, 11) is 0. The number of aliphatic hydroxyl groups excluding tert-OH is 2. The zero-order valence-electron chi connectivity index (χ0n) is 16.1. The van der Waals surface area contributed by atoms with Crippen LogP contribution in [-0.4, -0.2) is 77.3 Å². The number of fused-ring (bicyclic) bond motifs is 2. The van der Waals surface area contributed by atoms with Crippen LogP contribution >= 0.6 is 0 Å². The second-order valence-electron chi connectivity index (χ2n) is 8.32. The van der Waals surface area contributed by atoms with Crippen molar-refractivity contribution in [3.63, 3.8) is 0 Å². The van der Waals surface area contributed by atoms with E-state index < -0.39 is 64.7 Å². The Hall–Kier alpha value is -1.81. The minimum Gasteiger partial charge on any atom is -0.465 e. The van der Waals surface area contributed by atoms with E-state index in [1.54, 1.807) is 19.9 Å². The molecule has 1 saturated carbocycles. The Bertz CT molecular complexity index is 784. The summed E-state index contributed by atoms with van der Waals surface area (Å²) in [6.45, 7) is 5.52. The molecule has 154 valence electrons. The maximum atomic E-state index is 12.8. The van der Waals surface area contributed by atoms with E-state index in [1.165, 1.54) is 13.8 Å². The van der Waals surface area contributed by atoms with Crippen molar-refractivity contribution >= 4 is 17.7 Å². The molecular formula is C19H24O9. The maximum Gasteiger partial charge on any atom is 0.303 e. The monoisotopic (exact) mass is 396 g/mol. The number of esters is 2. The summed E-state index contributed by atoms with van der Waals surface area (Å²) >= 11 is 0. The molecule has 2 N–H and O–H groups in total. The topological polar surface area (TPSA) is 132 Å². The normalized spacial score (nSPS) is 48.7. The number of ether oxygens (including phenoxy) is 4. The Morgan fingerprint density at radius 2 is 1.93 bits per heavy atom. The molecule has 2 bridgehead atoms. The van der Waals surface area contributed by atoms with Crippen LogP contribution in [-0.2, 0) is 33.3 Å². The van der Waals surface area contributed by atoms with Gasteiger partial charge in [-0.05, 0) is 18.6 Å².